The van der Waals surface area contributed by atoms with Gasteiger partial charge >= 0.3 is 0 Å². The summed E-state index contributed by atoms with van der Waals surface area (Å²) in [4.78, 5) is 19.4. The molecule has 4 N–H and O–H groups in total. The Morgan fingerprint density at radius 1 is 1.29 bits per heavy atom. The average molecular weight is 413 g/mol. The largest absolute Gasteiger partial charge is 0.398 e. The van der Waals surface area contributed by atoms with Crippen LogP contribution in [0, 0.1) is 0 Å². The topological polar surface area (TPSA) is 112 Å². The minimum atomic E-state index is 0.490. The number of aromatic amines is 2. The molecule has 0 radical (unpaired) electrons. The molecule has 31 heavy (non-hydrogen) atoms. The van der Waals surface area contributed by atoms with Crippen LogP contribution < -0.4 is 10.6 Å². The second-order valence-corrected chi connectivity index (χ2v) is 7.75. The summed E-state index contributed by atoms with van der Waals surface area (Å²) in [5.41, 5.74) is 9.50. The molecule has 0 aliphatic carbocycles. The summed E-state index contributed by atoms with van der Waals surface area (Å²) in [5, 5.41) is 8.02. The van der Waals surface area contributed by atoms with Crippen LogP contribution in [-0.2, 0) is 0 Å². The lowest BCUT2D eigenvalue weighted by atomic mass is 10.1. The molecule has 8 nitrogen and oxygen atoms in total. The quantitative estimate of drug-likeness (QED) is 0.432. The fourth-order valence-corrected chi connectivity index (χ4v) is 3.94. The molecule has 4 heterocycles. The molecule has 3 aromatic heterocycles. The zero-order chi connectivity index (χ0) is 21.2. The lowest BCUT2D eigenvalue weighted by molar-refractivity contribution is 0.727. The fraction of sp³-hybridized carbons (Fsp3) is 0.217. The van der Waals surface area contributed by atoms with Crippen molar-refractivity contribution in [2.75, 3.05) is 11.4 Å². The van der Waals surface area contributed by atoms with Gasteiger partial charge in [0.2, 0.25) is 0 Å². The lowest BCUT2D eigenvalue weighted by Gasteiger charge is -2.22. The highest BCUT2D eigenvalue weighted by Crippen LogP contribution is 2.25. The molecule has 8 heteroatoms. The minimum absolute atomic E-state index is 0.490. The predicted molar refractivity (Wildman–Crippen MR) is 123 cm³/mol. The number of rotatable bonds is 5. The number of nitrogens with one attached hydrogen (secondary N) is 2. The van der Waals surface area contributed by atoms with Gasteiger partial charge in [-0.25, -0.2) is 15.0 Å². The summed E-state index contributed by atoms with van der Waals surface area (Å²) < 4.78 is 0. The zero-order valence-corrected chi connectivity index (χ0v) is 17.3. The van der Waals surface area contributed by atoms with Gasteiger partial charge in [0.25, 0.3) is 0 Å². The van der Waals surface area contributed by atoms with E-state index in [2.05, 4.69) is 32.0 Å². The normalized spacial score (nSPS) is 17.6. The van der Waals surface area contributed by atoms with Crippen LogP contribution in [0.15, 0.2) is 66.1 Å². The number of imidazole rings is 1. The predicted octanol–water partition coefficient (Wildman–Crippen LogP) is 3.79. The van der Waals surface area contributed by atoms with E-state index in [1.54, 1.807) is 18.6 Å². The van der Waals surface area contributed by atoms with Gasteiger partial charge in [-0.1, -0.05) is 12.1 Å². The SMILES string of the molecule is CC1CCCN1c1cccc(N=C(/C=C(\N)c2ccc3[nH]ncc3c2)c2ncc[nH]2)n1. The molecule has 1 atom stereocenters. The maximum atomic E-state index is 6.44. The highest BCUT2D eigenvalue weighted by Gasteiger charge is 2.21. The standard InChI is InChI=1S/C23H24N8/c1-15-4-3-11-31(15)22-6-2-5-21(29-22)28-20(23-25-9-10-26-23)13-18(24)16-7-8-19-17(12-16)14-27-30-19/h2,5-10,12-15H,3-4,11,24H2,1H3,(H,25,26)(H,27,30)/b18-13-,28-20?. The Hall–Kier alpha value is -3.94. The Kier molecular flexibility index (Phi) is 4.95. The molecule has 1 aromatic carbocycles. The van der Waals surface area contributed by atoms with Gasteiger partial charge in [0.05, 0.1) is 11.7 Å². The monoisotopic (exact) mass is 412 g/mol. The van der Waals surface area contributed by atoms with Gasteiger partial charge < -0.3 is 15.6 Å². The Morgan fingerprint density at radius 3 is 3.03 bits per heavy atom. The smallest absolute Gasteiger partial charge is 0.156 e. The van der Waals surface area contributed by atoms with Gasteiger partial charge in [0, 0.05) is 36.1 Å². The average Bonchev–Trinajstić information content (AvgIpc) is 3.54. The van der Waals surface area contributed by atoms with Crippen molar-refractivity contribution < 1.29 is 0 Å². The van der Waals surface area contributed by atoms with Crippen LogP contribution in [0.2, 0.25) is 0 Å². The second kappa shape index (κ2) is 8.06. The molecular weight excluding hydrogens is 388 g/mol. The van der Waals surface area contributed by atoms with Crippen LogP contribution in [0.3, 0.4) is 0 Å². The number of hydrogen-bond donors (Lipinski definition) is 3. The number of nitrogens with two attached hydrogens (primary N) is 1. The number of allylic oxidation sites excluding steroid dienone is 1. The van der Waals surface area contributed by atoms with Crippen molar-refractivity contribution in [3.05, 3.63) is 72.5 Å². The van der Waals surface area contributed by atoms with Crippen LogP contribution in [-0.4, -0.2) is 43.4 Å². The van der Waals surface area contributed by atoms with Crippen LogP contribution in [0.1, 0.15) is 31.2 Å². The van der Waals surface area contributed by atoms with Crippen molar-refractivity contribution in [3.63, 3.8) is 0 Å². The first-order chi connectivity index (χ1) is 15.2. The van der Waals surface area contributed by atoms with Crippen molar-refractivity contribution in [1.82, 2.24) is 25.1 Å². The van der Waals surface area contributed by atoms with Crippen LogP contribution in [0.5, 0.6) is 0 Å². The lowest BCUT2D eigenvalue weighted by Crippen LogP contribution is -2.26. The summed E-state index contributed by atoms with van der Waals surface area (Å²) in [6, 6.07) is 12.3. The van der Waals surface area contributed by atoms with Crippen molar-refractivity contribution in [3.8, 4) is 0 Å². The number of aromatic nitrogens is 5. The molecule has 0 amide bonds. The summed E-state index contributed by atoms with van der Waals surface area (Å²) in [6.45, 7) is 3.26. The molecular formula is C23H24N8. The summed E-state index contributed by atoms with van der Waals surface area (Å²) in [7, 11) is 0. The Morgan fingerprint density at radius 2 is 2.23 bits per heavy atom. The van der Waals surface area contributed by atoms with Crippen LogP contribution in [0.25, 0.3) is 16.6 Å². The number of hydrogen-bond acceptors (Lipinski definition) is 6. The fourth-order valence-electron chi connectivity index (χ4n) is 3.94. The van der Waals surface area contributed by atoms with E-state index in [1.807, 2.05) is 42.5 Å². The molecule has 1 saturated heterocycles. The Bertz CT molecular complexity index is 1250. The molecule has 156 valence electrons. The molecule has 4 aromatic rings. The van der Waals surface area contributed by atoms with Gasteiger partial charge in [-0.3, -0.25) is 5.10 Å². The number of H-pyrrole nitrogens is 2. The summed E-state index contributed by atoms with van der Waals surface area (Å²) in [6.07, 6.45) is 9.45. The van der Waals surface area contributed by atoms with E-state index in [1.165, 1.54) is 12.8 Å². The number of benzene rings is 1. The third-order valence-corrected chi connectivity index (χ3v) is 5.61. The van der Waals surface area contributed by atoms with Gasteiger partial charge in [-0.05, 0) is 55.7 Å². The van der Waals surface area contributed by atoms with Crippen molar-refractivity contribution in [2.24, 2.45) is 10.7 Å². The third-order valence-electron chi connectivity index (χ3n) is 5.61. The maximum absolute atomic E-state index is 6.44. The van der Waals surface area contributed by atoms with E-state index in [9.17, 15) is 0 Å². The molecule has 1 fully saturated rings. The van der Waals surface area contributed by atoms with Crippen LogP contribution in [0.4, 0.5) is 11.6 Å². The molecule has 1 aliphatic heterocycles. The van der Waals surface area contributed by atoms with E-state index >= 15 is 0 Å². The summed E-state index contributed by atoms with van der Waals surface area (Å²) in [5.74, 6) is 2.21. The number of fused-ring (bicyclic) bond motifs is 1. The number of aliphatic imine (C=N–C) groups is 1. The maximum Gasteiger partial charge on any atom is 0.156 e. The van der Waals surface area contributed by atoms with Crippen molar-refractivity contribution in [2.45, 2.75) is 25.8 Å². The van der Waals surface area contributed by atoms with E-state index in [4.69, 9.17) is 15.7 Å². The molecule has 0 spiro atoms. The number of nitrogens with zero attached hydrogens (tertiary/aromatic N) is 5. The molecule has 1 unspecified atom stereocenters. The van der Waals surface area contributed by atoms with E-state index in [0.717, 1.165) is 28.8 Å². The third kappa shape index (κ3) is 3.92. The minimum Gasteiger partial charge on any atom is -0.398 e. The van der Waals surface area contributed by atoms with Gasteiger partial charge in [0.1, 0.15) is 11.5 Å². The second-order valence-electron chi connectivity index (χ2n) is 7.75. The molecule has 5 rings (SSSR count). The first-order valence-corrected chi connectivity index (χ1v) is 10.4. The van der Waals surface area contributed by atoms with Crippen molar-refractivity contribution in [1.29, 1.82) is 0 Å². The van der Waals surface area contributed by atoms with Gasteiger partial charge in [0.15, 0.2) is 11.6 Å². The van der Waals surface area contributed by atoms with Crippen LogP contribution >= 0.6 is 0 Å². The first-order valence-electron chi connectivity index (χ1n) is 10.4. The molecule has 0 saturated carbocycles. The van der Waals surface area contributed by atoms with Gasteiger partial charge in [-0.2, -0.15) is 5.10 Å². The zero-order valence-electron chi connectivity index (χ0n) is 17.3. The first kappa shape index (κ1) is 19.0. The Labute approximate surface area is 179 Å². The van der Waals surface area contributed by atoms with Crippen molar-refractivity contribution >= 4 is 33.9 Å². The molecule has 0 bridgehead atoms. The summed E-state index contributed by atoms with van der Waals surface area (Å²) >= 11 is 0. The van der Waals surface area contributed by atoms with E-state index < -0.39 is 0 Å². The van der Waals surface area contributed by atoms with E-state index in [-0.39, 0.29) is 0 Å². The van der Waals surface area contributed by atoms with Gasteiger partial charge in [-0.15, -0.1) is 0 Å². The Balaban J connectivity index is 1.52. The highest BCUT2D eigenvalue weighted by molar-refractivity contribution is 6.11. The number of anilines is 1. The van der Waals surface area contributed by atoms with E-state index in [0.29, 0.717) is 29.1 Å². The number of pyridine rings is 1. The highest BCUT2D eigenvalue weighted by atomic mass is 15.2. The molecule has 1 aliphatic rings.